The van der Waals surface area contributed by atoms with Crippen LogP contribution in [-0.4, -0.2) is 49.3 Å². The van der Waals surface area contributed by atoms with Crippen LogP contribution in [-0.2, 0) is 18.4 Å². The van der Waals surface area contributed by atoms with Gasteiger partial charge in [0.1, 0.15) is 18.0 Å². The van der Waals surface area contributed by atoms with Crippen molar-refractivity contribution in [3.63, 3.8) is 0 Å². The molecule has 0 fully saturated rings. The first-order chi connectivity index (χ1) is 16.3. The molecule has 6 nitrogen and oxygen atoms in total. The lowest BCUT2D eigenvalue weighted by Crippen LogP contribution is -2.33. The number of hydrogen-bond donors (Lipinski definition) is 1. The van der Waals surface area contributed by atoms with E-state index in [1.54, 1.807) is 0 Å². The van der Waals surface area contributed by atoms with Crippen LogP contribution >= 0.6 is 0 Å². The number of carbonyl (C=O) groups is 1. The minimum Gasteiger partial charge on any atom is -0.492 e. The minimum absolute atomic E-state index is 0.0336. The van der Waals surface area contributed by atoms with Crippen molar-refractivity contribution in [3.8, 4) is 5.75 Å². The number of benzene rings is 1. The summed E-state index contributed by atoms with van der Waals surface area (Å²) >= 11 is 0. The van der Waals surface area contributed by atoms with E-state index in [0.29, 0.717) is 13.2 Å². The number of carbonyl (C=O) groups excluding carboxylic acids is 1. The molecule has 0 aromatic heterocycles. The summed E-state index contributed by atoms with van der Waals surface area (Å²) in [4.78, 5) is 11.9. The van der Waals surface area contributed by atoms with Crippen LogP contribution < -0.4 is 10.1 Å². The Morgan fingerprint density at radius 3 is 1.61 bits per heavy atom. The lowest BCUT2D eigenvalue weighted by atomic mass is 9.81. The van der Waals surface area contributed by atoms with E-state index in [0.717, 1.165) is 16.9 Å². The van der Waals surface area contributed by atoms with Crippen molar-refractivity contribution in [2.75, 3.05) is 19.7 Å². The van der Waals surface area contributed by atoms with Crippen molar-refractivity contribution >= 4 is 24.0 Å². The standard InChI is InChI=1S/C28H53NO5Si2/c1-26(2,3)24(33-35(10)11)20-16-21(25(27(4,5)6)34-36(12)13)18-22(17-20)31-15-14-29-19-23(30)32-28(7,8)9/h16-18,24-25,29,35-36H,14-15,19H2,1-13H3. The van der Waals surface area contributed by atoms with Crippen LogP contribution in [0.4, 0.5) is 0 Å². The van der Waals surface area contributed by atoms with E-state index in [4.69, 9.17) is 18.3 Å². The second-order valence-electron chi connectivity index (χ2n) is 13.3. The minimum atomic E-state index is -1.29. The van der Waals surface area contributed by atoms with Gasteiger partial charge in [-0.2, -0.15) is 0 Å². The van der Waals surface area contributed by atoms with Gasteiger partial charge in [-0.1, -0.05) is 47.6 Å². The number of esters is 1. The largest absolute Gasteiger partial charge is 0.492 e. The highest BCUT2D eigenvalue weighted by atomic mass is 28.3. The molecule has 1 aromatic carbocycles. The second-order valence-corrected chi connectivity index (χ2v) is 18.0. The summed E-state index contributed by atoms with van der Waals surface area (Å²) in [5, 5.41) is 3.12. The van der Waals surface area contributed by atoms with Gasteiger partial charge in [-0.25, -0.2) is 0 Å². The van der Waals surface area contributed by atoms with Gasteiger partial charge in [0, 0.05) is 6.54 Å². The third-order valence-electron chi connectivity index (χ3n) is 5.18. The quantitative estimate of drug-likeness (QED) is 0.195. The SMILES string of the molecule is C[SiH](C)OC(c1cc(OCCNCC(=O)OC(C)(C)C)cc(C(O[SiH](C)C)C(C)(C)C)c1)C(C)(C)C. The molecule has 1 rings (SSSR count). The molecule has 0 spiro atoms. The Kier molecular flexibility index (Phi) is 12.4. The molecule has 0 bridgehead atoms. The van der Waals surface area contributed by atoms with Gasteiger partial charge in [0.25, 0.3) is 0 Å². The molecule has 2 atom stereocenters. The molecular formula is C28H53NO5Si2. The first kappa shape index (κ1) is 32.8. The van der Waals surface area contributed by atoms with Crippen molar-refractivity contribution in [1.82, 2.24) is 5.32 Å². The van der Waals surface area contributed by atoms with Gasteiger partial charge < -0.3 is 23.6 Å². The normalized spacial score (nSPS) is 14.8. The zero-order chi connectivity index (χ0) is 27.9. The Hall–Kier alpha value is -1.20. The van der Waals surface area contributed by atoms with Crippen molar-refractivity contribution < 1.29 is 23.1 Å². The zero-order valence-electron chi connectivity index (χ0n) is 25.2. The predicted octanol–water partition coefficient (Wildman–Crippen LogP) is 6.17. The second kappa shape index (κ2) is 13.6. The van der Waals surface area contributed by atoms with E-state index >= 15 is 0 Å². The lowest BCUT2D eigenvalue weighted by molar-refractivity contribution is -0.153. The molecule has 36 heavy (non-hydrogen) atoms. The molecular weight excluding hydrogens is 486 g/mol. The third-order valence-corrected chi connectivity index (χ3v) is 6.82. The summed E-state index contributed by atoms with van der Waals surface area (Å²) in [6, 6.07) is 6.47. The molecule has 0 saturated heterocycles. The molecule has 0 saturated carbocycles. The Morgan fingerprint density at radius 1 is 0.806 bits per heavy atom. The summed E-state index contributed by atoms with van der Waals surface area (Å²) in [6.45, 7) is 28.9. The zero-order valence-corrected chi connectivity index (χ0v) is 27.5. The molecule has 0 aliphatic carbocycles. The summed E-state index contributed by atoms with van der Waals surface area (Å²) in [6.07, 6.45) is -0.0673. The fraction of sp³-hybridized carbons (Fsp3) is 0.750. The predicted molar refractivity (Wildman–Crippen MR) is 155 cm³/mol. The maximum atomic E-state index is 11.9. The Morgan fingerprint density at radius 2 is 1.25 bits per heavy atom. The van der Waals surface area contributed by atoms with Crippen LogP contribution in [0.2, 0.25) is 26.2 Å². The van der Waals surface area contributed by atoms with E-state index in [9.17, 15) is 4.79 Å². The van der Waals surface area contributed by atoms with E-state index in [-0.39, 0.29) is 35.6 Å². The van der Waals surface area contributed by atoms with Crippen LogP contribution in [0.1, 0.15) is 85.6 Å². The summed E-state index contributed by atoms with van der Waals surface area (Å²) in [7, 11) is -2.57. The molecule has 8 heteroatoms. The molecule has 0 aliphatic heterocycles. The molecule has 0 aliphatic rings. The van der Waals surface area contributed by atoms with Gasteiger partial charge in [-0.15, -0.1) is 0 Å². The fourth-order valence-corrected chi connectivity index (χ4v) is 6.17. The molecule has 1 N–H and O–H groups in total. The summed E-state index contributed by atoms with van der Waals surface area (Å²) in [5.74, 6) is 0.533. The van der Waals surface area contributed by atoms with E-state index in [1.165, 1.54) is 0 Å². The van der Waals surface area contributed by atoms with E-state index in [1.807, 2.05) is 20.8 Å². The first-order valence-corrected chi connectivity index (χ1v) is 18.9. The van der Waals surface area contributed by atoms with Gasteiger partial charge in [-0.05, 0) is 81.0 Å². The average Bonchev–Trinajstić information content (AvgIpc) is 2.66. The molecule has 0 heterocycles. The van der Waals surface area contributed by atoms with Crippen molar-refractivity contribution in [3.05, 3.63) is 29.3 Å². The molecule has 1 aromatic rings. The highest BCUT2D eigenvalue weighted by Gasteiger charge is 2.32. The smallest absolute Gasteiger partial charge is 0.320 e. The lowest BCUT2D eigenvalue weighted by Gasteiger charge is -2.36. The van der Waals surface area contributed by atoms with Crippen LogP contribution in [0.15, 0.2) is 18.2 Å². The molecule has 0 amide bonds. The Labute approximate surface area is 224 Å². The fourth-order valence-electron chi connectivity index (χ4n) is 3.95. The van der Waals surface area contributed by atoms with Crippen LogP contribution in [0.5, 0.6) is 5.75 Å². The van der Waals surface area contributed by atoms with Crippen LogP contribution in [0.3, 0.4) is 0 Å². The number of rotatable bonds is 12. The van der Waals surface area contributed by atoms with Gasteiger partial charge in [0.15, 0.2) is 18.1 Å². The maximum Gasteiger partial charge on any atom is 0.320 e. The van der Waals surface area contributed by atoms with Crippen LogP contribution in [0, 0.1) is 10.8 Å². The van der Waals surface area contributed by atoms with Crippen molar-refractivity contribution in [2.24, 2.45) is 10.8 Å². The molecule has 2 unspecified atom stereocenters. The average molecular weight is 540 g/mol. The maximum absolute atomic E-state index is 11.9. The highest BCUT2D eigenvalue weighted by molar-refractivity contribution is 6.48. The van der Waals surface area contributed by atoms with Gasteiger partial charge in [0.2, 0.25) is 0 Å². The molecule has 0 radical (unpaired) electrons. The third kappa shape index (κ3) is 12.4. The Balaban J connectivity index is 3.20. The van der Waals surface area contributed by atoms with E-state index < -0.39 is 23.7 Å². The summed E-state index contributed by atoms with van der Waals surface area (Å²) in [5.41, 5.74) is 1.64. The highest BCUT2D eigenvalue weighted by Crippen LogP contribution is 2.42. The van der Waals surface area contributed by atoms with Crippen LogP contribution in [0.25, 0.3) is 0 Å². The number of nitrogens with one attached hydrogen (secondary N) is 1. The molecule has 208 valence electrons. The van der Waals surface area contributed by atoms with Gasteiger partial charge >= 0.3 is 5.97 Å². The number of ether oxygens (including phenoxy) is 2. The van der Waals surface area contributed by atoms with Crippen molar-refractivity contribution in [2.45, 2.75) is 106 Å². The Bertz CT molecular complexity index is 776. The van der Waals surface area contributed by atoms with Gasteiger partial charge in [-0.3, -0.25) is 4.79 Å². The topological polar surface area (TPSA) is 66.0 Å². The van der Waals surface area contributed by atoms with Gasteiger partial charge in [0.05, 0.1) is 18.8 Å². The summed E-state index contributed by atoms with van der Waals surface area (Å²) < 4.78 is 24.7. The monoisotopic (exact) mass is 539 g/mol. The first-order valence-electron chi connectivity index (χ1n) is 13.3. The van der Waals surface area contributed by atoms with Crippen molar-refractivity contribution in [1.29, 1.82) is 0 Å². The number of hydrogen-bond acceptors (Lipinski definition) is 6. The van der Waals surface area contributed by atoms with E-state index in [2.05, 4.69) is 91.2 Å².